The van der Waals surface area contributed by atoms with Crippen LogP contribution in [-0.4, -0.2) is 22.5 Å². The Balaban J connectivity index is 1.65. The molecule has 0 radical (unpaired) electrons. The van der Waals surface area contributed by atoms with E-state index in [0.717, 1.165) is 25.7 Å². The first kappa shape index (κ1) is 19.0. The number of esters is 1. The van der Waals surface area contributed by atoms with Crippen molar-refractivity contribution in [2.75, 3.05) is 6.79 Å². The number of aryl methyl sites for hydroxylation is 1. The van der Waals surface area contributed by atoms with Crippen molar-refractivity contribution >= 4 is 16.7 Å². The molecule has 4 rings (SSSR count). The summed E-state index contributed by atoms with van der Waals surface area (Å²) in [5.74, 6) is 0.830. The number of aromatic nitrogens is 2. The number of carbonyl (C=O) groups is 1. The molecule has 0 saturated carbocycles. The van der Waals surface area contributed by atoms with E-state index >= 15 is 0 Å². The highest BCUT2D eigenvalue weighted by atomic mass is 16.7. The number of rotatable bonds is 7. The van der Waals surface area contributed by atoms with Crippen LogP contribution in [0.15, 0.2) is 47.3 Å². The molecule has 29 heavy (non-hydrogen) atoms. The summed E-state index contributed by atoms with van der Waals surface area (Å²) in [5.41, 5.74) is -0.0786. The van der Waals surface area contributed by atoms with Gasteiger partial charge >= 0.3 is 5.97 Å². The average molecular weight is 394 g/mol. The van der Waals surface area contributed by atoms with Crippen LogP contribution in [0.1, 0.15) is 43.1 Å². The van der Waals surface area contributed by atoms with Crippen molar-refractivity contribution in [1.82, 2.24) is 9.78 Å². The number of hydrogen-bond donors (Lipinski definition) is 0. The quantitative estimate of drug-likeness (QED) is 0.343. The Hall–Kier alpha value is -3.35. The third-order valence-corrected chi connectivity index (χ3v) is 4.84. The first-order chi connectivity index (χ1) is 14.2. The van der Waals surface area contributed by atoms with Crippen LogP contribution in [0.3, 0.4) is 0 Å². The topological polar surface area (TPSA) is 79.7 Å². The Labute approximate surface area is 167 Å². The van der Waals surface area contributed by atoms with Gasteiger partial charge in [0.2, 0.25) is 6.79 Å². The molecule has 1 aliphatic heterocycles. The van der Waals surface area contributed by atoms with Gasteiger partial charge in [0, 0.05) is 18.0 Å². The van der Waals surface area contributed by atoms with Gasteiger partial charge in [0.05, 0.1) is 5.39 Å². The highest BCUT2D eigenvalue weighted by molar-refractivity contribution is 6.02. The van der Waals surface area contributed by atoms with Crippen molar-refractivity contribution in [3.8, 4) is 17.2 Å². The first-order valence-corrected chi connectivity index (χ1v) is 9.79. The lowest BCUT2D eigenvalue weighted by atomic mass is 10.1. The van der Waals surface area contributed by atoms with E-state index in [9.17, 15) is 9.59 Å². The van der Waals surface area contributed by atoms with Crippen LogP contribution in [0.5, 0.6) is 17.2 Å². The van der Waals surface area contributed by atoms with Gasteiger partial charge < -0.3 is 14.2 Å². The van der Waals surface area contributed by atoms with Crippen LogP contribution in [-0.2, 0) is 6.54 Å². The lowest BCUT2D eigenvalue weighted by molar-refractivity contribution is 0.0727. The van der Waals surface area contributed by atoms with Crippen molar-refractivity contribution in [3.05, 3.63) is 58.5 Å². The molecular weight excluding hydrogens is 372 g/mol. The lowest BCUT2D eigenvalue weighted by Gasteiger charge is -2.11. The molecule has 7 nitrogen and oxygen atoms in total. The molecule has 3 aromatic rings. The standard InChI is InChI=1S/C22H22N2O5/c1-2-3-4-7-12-24-21(25)17-9-6-5-8-16(17)20(23-24)22(26)29-15-10-11-18-19(13-15)28-14-27-18/h5-6,8-11,13H,2-4,7,12,14H2,1H3. The molecule has 0 aliphatic carbocycles. The molecule has 0 spiro atoms. The smallest absolute Gasteiger partial charge is 0.364 e. The minimum absolute atomic E-state index is 0.119. The number of unbranched alkanes of at least 4 members (excludes halogenated alkanes) is 3. The SMILES string of the molecule is CCCCCCn1nc(C(=O)Oc2ccc3c(c2)OCO3)c2ccccc2c1=O. The van der Waals surface area contributed by atoms with E-state index < -0.39 is 5.97 Å². The Morgan fingerprint density at radius 1 is 1.07 bits per heavy atom. The van der Waals surface area contributed by atoms with E-state index in [-0.39, 0.29) is 18.0 Å². The molecule has 0 unspecified atom stereocenters. The Morgan fingerprint density at radius 3 is 2.69 bits per heavy atom. The molecule has 2 heterocycles. The highest BCUT2D eigenvalue weighted by Gasteiger charge is 2.20. The summed E-state index contributed by atoms with van der Waals surface area (Å²) in [4.78, 5) is 25.7. The predicted molar refractivity (Wildman–Crippen MR) is 108 cm³/mol. The third-order valence-electron chi connectivity index (χ3n) is 4.84. The number of benzene rings is 2. The van der Waals surface area contributed by atoms with Gasteiger partial charge in [0.15, 0.2) is 17.2 Å². The number of carbonyl (C=O) groups excluding carboxylic acids is 1. The van der Waals surface area contributed by atoms with E-state index in [1.807, 2.05) is 0 Å². The third kappa shape index (κ3) is 3.94. The predicted octanol–water partition coefficient (Wildman–Crippen LogP) is 3.92. The van der Waals surface area contributed by atoms with Crippen molar-refractivity contribution in [1.29, 1.82) is 0 Å². The molecule has 150 valence electrons. The Kier molecular flexibility index (Phi) is 5.46. The molecule has 0 fully saturated rings. The maximum atomic E-state index is 12.9. The van der Waals surface area contributed by atoms with Crippen LogP contribution in [0, 0.1) is 0 Å². The fourth-order valence-electron chi connectivity index (χ4n) is 3.32. The molecule has 0 atom stereocenters. The van der Waals surface area contributed by atoms with Crippen LogP contribution in [0.25, 0.3) is 10.8 Å². The molecule has 2 aromatic carbocycles. The van der Waals surface area contributed by atoms with Gasteiger partial charge in [0.1, 0.15) is 5.75 Å². The number of hydrogen-bond acceptors (Lipinski definition) is 6. The van der Waals surface area contributed by atoms with E-state index in [1.54, 1.807) is 42.5 Å². The molecule has 0 bridgehead atoms. The van der Waals surface area contributed by atoms with Crippen LogP contribution < -0.4 is 19.8 Å². The Morgan fingerprint density at radius 2 is 1.86 bits per heavy atom. The zero-order valence-corrected chi connectivity index (χ0v) is 16.2. The van der Waals surface area contributed by atoms with E-state index in [2.05, 4.69) is 12.0 Å². The van der Waals surface area contributed by atoms with Crippen LogP contribution >= 0.6 is 0 Å². The zero-order valence-electron chi connectivity index (χ0n) is 16.2. The summed E-state index contributed by atoms with van der Waals surface area (Å²) in [6.07, 6.45) is 4.04. The largest absolute Gasteiger partial charge is 0.454 e. The van der Waals surface area contributed by atoms with Gasteiger partial charge in [-0.05, 0) is 24.6 Å². The average Bonchev–Trinajstić information content (AvgIpc) is 3.20. The Bertz CT molecular complexity index is 1110. The van der Waals surface area contributed by atoms with Crippen molar-refractivity contribution in [3.63, 3.8) is 0 Å². The molecule has 0 N–H and O–H groups in total. The van der Waals surface area contributed by atoms with Gasteiger partial charge in [-0.15, -0.1) is 0 Å². The second kappa shape index (κ2) is 8.34. The molecule has 7 heteroatoms. The van der Waals surface area contributed by atoms with Crippen molar-refractivity contribution in [2.24, 2.45) is 0 Å². The lowest BCUT2D eigenvalue weighted by Crippen LogP contribution is -2.27. The van der Waals surface area contributed by atoms with Crippen LogP contribution in [0.2, 0.25) is 0 Å². The van der Waals surface area contributed by atoms with E-state index in [0.29, 0.717) is 34.6 Å². The van der Waals surface area contributed by atoms with Gasteiger partial charge in [-0.2, -0.15) is 5.10 Å². The summed E-state index contributed by atoms with van der Waals surface area (Å²) in [6.45, 7) is 2.74. The number of nitrogens with zero attached hydrogens (tertiary/aromatic N) is 2. The highest BCUT2D eigenvalue weighted by Crippen LogP contribution is 2.35. The molecule has 0 amide bonds. The summed E-state index contributed by atoms with van der Waals surface area (Å²) in [7, 11) is 0. The minimum atomic E-state index is -0.623. The second-order valence-electron chi connectivity index (χ2n) is 6.89. The maximum absolute atomic E-state index is 12.9. The van der Waals surface area contributed by atoms with Crippen molar-refractivity contribution < 1.29 is 19.0 Å². The monoisotopic (exact) mass is 394 g/mol. The summed E-state index contributed by atoms with van der Waals surface area (Å²) in [5, 5.41) is 5.27. The maximum Gasteiger partial charge on any atom is 0.364 e. The van der Waals surface area contributed by atoms with Crippen molar-refractivity contribution in [2.45, 2.75) is 39.2 Å². The number of fused-ring (bicyclic) bond motifs is 2. The molecular formula is C22H22N2O5. The second-order valence-corrected chi connectivity index (χ2v) is 6.89. The van der Waals surface area contributed by atoms with Gasteiger partial charge in [-0.1, -0.05) is 44.4 Å². The normalized spacial score (nSPS) is 12.3. The molecule has 1 aromatic heterocycles. The number of ether oxygens (including phenoxy) is 3. The van der Waals surface area contributed by atoms with E-state index in [1.165, 1.54) is 4.68 Å². The molecule has 0 saturated heterocycles. The summed E-state index contributed by atoms with van der Waals surface area (Å²) < 4.78 is 17.5. The zero-order chi connectivity index (χ0) is 20.2. The summed E-state index contributed by atoms with van der Waals surface area (Å²) in [6, 6.07) is 11.9. The first-order valence-electron chi connectivity index (χ1n) is 9.79. The fraction of sp³-hybridized carbons (Fsp3) is 0.318. The summed E-state index contributed by atoms with van der Waals surface area (Å²) >= 11 is 0. The van der Waals surface area contributed by atoms with E-state index in [4.69, 9.17) is 14.2 Å². The van der Waals surface area contributed by atoms with Gasteiger partial charge in [-0.3, -0.25) is 4.79 Å². The fourth-order valence-corrected chi connectivity index (χ4v) is 3.32. The minimum Gasteiger partial charge on any atom is -0.454 e. The van der Waals surface area contributed by atoms with Gasteiger partial charge in [-0.25, -0.2) is 9.48 Å². The molecule has 1 aliphatic rings. The van der Waals surface area contributed by atoms with Gasteiger partial charge in [0.25, 0.3) is 5.56 Å². The van der Waals surface area contributed by atoms with Crippen LogP contribution in [0.4, 0.5) is 0 Å².